The molecule has 0 aliphatic carbocycles. The third-order valence-electron chi connectivity index (χ3n) is 2.81. The van der Waals surface area contributed by atoms with E-state index in [0.29, 0.717) is 23.6 Å². The molecule has 0 spiro atoms. The number of nitriles is 1. The summed E-state index contributed by atoms with van der Waals surface area (Å²) in [7, 11) is 1.66. The van der Waals surface area contributed by atoms with E-state index in [1.165, 1.54) is 11.1 Å². The van der Waals surface area contributed by atoms with E-state index < -0.39 is 0 Å². The van der Waals surface area contributed by atoms with Gasteiger partial charge in [0.05, 0.1) is 29.9 Å². The van der Waals surface area contributed by atoms with E-state index in [2.05, 4.69) is 5.10 Å². The van der Waals surface area contributed by atoms with E-state index in [9.17, 15) is 4.79 Å². The molecule has 102 valence electrons. The highest BCUT2D eigenvalue weighted by Crippen LogP contribution is 2.15. The summed E-state index contributed by atoms with van der Waals surface area (Å²) in [6.07, 6.45) is 3.47. The predicted molar refractivity (Wildman–Crippen MR) is 75.8 cm³/mol. The fraction of sp³-hybridized carbons (Fsp3) is 0.214. The number of carbonyl (C=O) groups is 1. The zero-order chi connectivity index (χ0) is 14.5. The molecule has 20 heavy (non-hydrogen) atoms. The third kappa shape index (κ3) is 3.16. The minimum atomic E-state index is -0.159. The number of hydrogen-bond acceptors (Lipinski definition) is 3. The molecule has 0 N–H and O–H groups in total. The Morgan fingerprint density at radius 3 is 3.05 bits per heavy atom. The molecule has 2 rings (SSSR count). The minimum absolute atomic E-state index is 0.159. The molecule has 1 heterocycles. The zero-order valence-electron chi connectivity index (χ0n) is 11.0. The molecule has 0 saturated heterocycles. The predicted octanol–water partition coefficient (Wildman–Crippen LogP) is 2.51. The fourth-order valence-corrected chi connectivity index (χ4v) is 1.92. The average molecular weight is 289 g/mol. The Labute approximate surface area is 122 Å². The number of rotatable bonds is 4. The molecular formula is C14H13ClN4O. The molecule has 1 aromatic carbocycles. The monoisotopic (exact) mass is 288 g/mol. The summed E-state index contributed by atoms with van der Waals surface area (Å²) in [5, 5.41) is 13.3. The SMILES string of the molecule is CN(CCC#N)C(=O)c1cnn(-c2cccc(Cl)c2)c1. The Morgan fingerprint density at radius 2 is 2.35 bits per heavy atom. The van der Waals surface area contributed by atoms with Crippen molar-refractivity contribution in [2.24, 2.45) is 0 Å². The molecule has 6 heteroatoms. The molecule has 0 radical (unpaired) electrons. The Balaban J connectivity index is 2.17. The van der Waals surface area contributed by atoms with Crippen LogP contribution in [-0.4, -0.2) is 34.2 Å². The van der Waals surface area contributed by atoms with Gasteiger partial charge in [-0.15, -0.1) is 0 Å². The number of carbonyl (C=O) groups excluding carboxylic acids is 1. The van der Waals surface area contributed by atoms with E-state index in [1.54, 1.807) is 30.1 Å². The molecule has 0 aliphatic heterocycles. The van der Waals surface area contributed by atoms with Crippen LogP contribution in [0.2, 0.25) is 5.02 Å². The fourth-order valence-electron chi connectivity index (χ4n) is 1.73. The molecule has 0 aliphatic rings. The first-order valence-corrected chi connectivity index (χ1v) is 6.42. The molecule has 0 saturated carbocycles. The van der Waals surface area contributed by atoms with E-state index in [0.717, 1.165) is 5.69 Å². The van der Waals surface area contributed by atoms with Crippen molar-refractivity contribution in [2.45, 2.75) is 6.42 Å². The van der Waals surface area contributed by atoms with Crippen molar-refractivity contribution in [2.75, 3.05) is 13.6 Å². The molecule has 0 fully saturated rings. The van der Waals surface area contributed by atoms with Gasteiger partial charge in [0.2, 0.25) is 0 Å². The van der Waals surface area contributed by atoms with Crippen LogP contribution in [0.15, 0.2) is 36.7 Å². The van der Waals surface area contributed by atoms with Crippen molar-refractivity contribution in [3.05, 3.63) is 47.2 Å². The second-order valence-corrected chi connectivity index (χ2v) is 4.72. The lowest BCUT2D eigenvalue weighted by Gasteiger charge is -2.13. The van der Waals surface area contributed by atoms with Gasteiger partial charge >= 0.3 is 0 Å². The quantitative estimate of drug-likeness (QED) is 0.868. The van der Waals surface area contributed by atoms with Crippen LogP contribution in [-0.2, 0) is 0 Å². The van der Waals surface area contributed by atoms with Gasteiger partial charge in [-0.3, -0.25) is 4.79 Å². The summed E-state index contributed by atoms with van der Waals surface area (Å²) in [5.74, 6) is -0.159. The maximum Gasteiger partial charge on any atom is 0.256 e. The van der Waals surface area contributed by atoms with E-state index in [4.69, 9.17) is 16.9 Å². The number of amides is 1. The summed E-state index contributed by atoms with van der Waals surface area (Å²) < 4.78 is 1.59. The van der Waals surface area contributed by atoms with Gasteiger partial charge in [0.1, 0.15) is 0 Å². The first-order chi connectivity index (χ1) is 9.61. The van der Waals surface area contributed by atoms with Crippen LogP contribution in [0.1, 0.15) is 16.8 Å². The van der Waals surface area contributed by atoms with Crippen LogP contribution in [0, 0.1) is 11.3 Å². The van der Waals surface area contributed by atoms with E-state index in [-0.39, 0.29) is 5.91 Å². The van der Waals surface area contributed by atoms with Crippen molar-refractivity contribution in [1.82, 2.24) is 14.7 Å². The van der Waals surface area contributed by atoms with Crippen LogP contribution in [0.5, 0.6) is 0 Å². The first kappa shape index (κ1) is 14.1. The lowest BCUT2D eigenvalue weighted by Crippen LogP contribution is -2.27. The van der Waals surface area contributed by atoms with Gasteiger partial charge in [-0.1, -0.05) is 17.7 Å². The maximum atomic E-state index is 12.1. The number of halogens is 1. The van der Waals surface area contributed by atoms with Gasteiger partial charge < -0.3 is 4.90 Å². The Kier molecular flexibility index (Phi) is 4.38. The Bertz CT molecular complexity index is 659. The summed E-state index contributed by atoms with van der Waals surface area (Å²) >= 11 is 5.92. The van der Waals surface area contributed by atoms with Crippen LogP contribution in [0.3, 0.4) is 0 Å². The second kappa shape index (κ2) is 6.22. The molecule has 2 aromatic rings. The van der Waals surface area contributed by atoms with E-state index >= 15 is 0 Å². The number of nitrogens with zero attached hydrogens (tertiary/aromatic N) is 4. The van der Waals surface area contributed by atoms with Crippen molar-refractivity contribution in [1.29, 1.82) is 5.26 Å². The van der Waals surface area contributed by atoms with Crippen LogP contribution in [0.25, 0.3) is 5.69 Å². The second-order valence-electron chi connectivity index (χ2n) is 4.29. The van der Waals surface area contributed by atoms with Gasteiger partial charge in [-0.2, -0.15) is 10.4 Å². The molecule has 5 nitrogen and oxygen atoms in total. The number of aromatic nitrogens is 2. The van der Waals surface area contributed by atoms with Gasteiger partial charge in [0.25, 0.3) is 5.91 Å². The maximum absolute atomic E-state index is 12.1. The lowest BCUT2D eigenvalue weighted by atomic mass is 10.3. The van der Waals surface area contributed by atoms with Crippen molar-refractivity contribution < 1.29 is 4.79 Å². The first-order valence-electron chi connectivity index (χ1n) is 6.05. The molecule has 0 unspecified atom stereocenters. The number of hydrogen-bond donors (Lipinski definition) is 0. The largest absolute Gasteiger partial charge is 0.341 e. The summed E-state index contributed by atoms with van der Waals surface area (Å²) in [5.41, 5.74) is 1.27. The molecule has 1 aromatic heterocycles. The molecule has 1 amide bonds. The zero-order valence-corrected chi connectivity index (χ0v) is 11.7. The highest BCUT2D eigenvalue weighted by Gasteiger charge is 2.14. The summed E-state index contributed by atoms with van der Waals surface area (Å²) in [4.78, 5) is 13.6. The van der Waals surface area contributed by atoms with Crippen molar-refractivity contribution in [3.8, 4) is 11.8 Å². The lowest BCUT2D eigenvalue weighted by molar-refractivity contribution is 0.0798. The van der Waals surface area contributed by atoms with Crippen LogP contribution in [0.4, 0.5) is 0 Å². The van der Waals surface area contributed by atoms with E-state index in [1.807, 2.05) is 18.2 Å². The topological polar surface area (TPSA) is 61.9 Å². The normalized spacial score (nSPS) is 10.1. The molecular weight excluding hydrogens is 276 g/mol. The number of benzene rings is 1. The van der Waals surface area contributed by atoms with Gasteiger partial charge in [-0.05, 0) is 18.2 Å². The smallest absolute Gasteiger partial charge is 0.256 e. The molecule has 0 atom stereocenters. The Morgan fingerprint density at radius 1 is 1.55 bits per heavy atom. The minimum Gasteiger partial charge on any atom is -0.341 e. The van der Waals surface area contributed by atoms with Crippen LogP contribution >= 0.6 is 11.6 Å². The Hall–Kier alpha value is -2.32. The van der Waals surface area contributed by atoms with Gasteiger partial charge in [-0.25, -0.2) is 4.68 Å². The van der Waals surface area contributed by atoms with Crippen molar-refractivity contribution in [3.63, 3.8) is 0 Å². The van der Waals surface area contributed by atoms with Gasteiger partial charge in [0.15, 0.2) is 0 Å². The summed E-state index contributed by atoms with van der Waals surface area (Å²) in [6, 6.07) is 9.23. The standard InChI is InChI=1S/C14H13ClN4O/c1-18(7-3-6-16)14(20)11-9-17-19(10-11)13-5-2-4-12(15)8-13/h2,4-5,8-10H,3,7H2,1H3. The summed E-state index contributed by atoms with van der Waals surface area (Å²) in [6.45, 7) is 0.400. The molecule has 0 bridgehead atoms. The van der Waals surface area contributed by atoms with Crippen LogP contribution < -0.4 is 0 Å². The highest BCUT2D eigenvalue weighted by molar-refractivity contribution is 6.30. The average Bonchev–Trinajstić information content (AvgIpc) is 2.93. The third-order valence-corrected chi connectivity index (χ3v) is 3.04. The highest BCUT2D eigenvalue weighted by atomic mass is 35.5. The van der Waals surface area contributed by atoms with Gasteiger partial charge in [0, 0.05) is 24.8 Å². The van der Waals surface area contributed by atoms with Crippen molar-refractivity contribution >= 4 is 17.5 Å².